The second-order valence-corrected chi connectivity index (χ2v) is 7.02. The summed E-state index contributed by atoms with van der Waals surface area (Å²) < 4.78 is 1.77. The zero-order chi connectivity index (χ0) is 16.5. The van der Waals surface area contributed by atoms with Gasteiger partial charge in [0.1, 0.15) is 5.01 Å². The molecule has 2 heterocycles. The van der Waals surface area contributed by atoms with Crippen LogP contribution in [0.3, 0.4) is 0 Å². The van der Waals surface area contributed by atoms with E-state index >= 15 is 0 Å². The number of thiazole rings is 1. The Kier molecular flexibility index (Phi) is 3.90. The lowest BCUT2D eigenvalue weighted by molar-refractivity contribution is 0.0931. The summed E-state index contributed by atoms with van der Waals surface area (Å²) in [5, 5.41) is 10.4. The zero-order valence-corrected chi connectivity index (χ0v) is 14.2. The van der Waals surface area contributed by atoms with Crippen molar-refractivity contribution in [2.45, 2.75) is 18.9 Å². The van der Waals surface area contributed by atoms with Crippen LogP contribution in [0.15, 0.2) is 48.1 Å². The molecule has 0 unspecified atom stereocenters. The number of aryl methyl sites for hydroxylation is 1. The molecule has 6 heteroatoms. The summed E-state index contributed by atoms with van der Waals surface area (Å²) in [4.78, 5) is 17.2. The highest BCUT2D eigenvalue weighted by atomic mass is 32.1. The van der Waals surface area contributed by atoms with Gasteiger partial charge in [-0.05, 0) is 30.9 Å². The number of nitrogens with one attached hydrogen (secondary N) is 1. The van der Waals surface area contributed by atoms with Gasteiger partial charge in [-0.25, -0.2) is 4.98 Å². The van der Waals surface area contributed by atoms with Crippen molar-refractivity contribution < 1.29 is 4.79 Å². The molecule has 1 fully saturated rings. The number of aromatic nitrogens is 3. The topological polar surface area (TPSA) is 59.8 Å². The van der Waals surface area contributed by atoms with Gasteiger partial charge in [0.05, 0.1) is 17.9 Å². The van der Waals surface area contributed by atoms with Crippen molar-refractivity contribution in [3.8, 4) is 11.3 Å². The molecule has 4 rings (SSSR count). The third-order valence-corrected chi connectivity index (χ3v) is 5.13. The average molecular weight is 338 g/mol. The molecular formula is C18H18N4OS. The monoisotopic (exact) mass is 338 g/mol. The minimum Gasteiger partial charge on any atom is -0.343 e. The van der Waals surface area contributed by atoms with E-state index in [-0.39, 0.29) is 11.9 Å². The Morgan fingerprint density at radius 1 is 1.33 bits per heavy atom. The van der Waals surface area contributed by atoms with Crippen LogP contribution in [0, 0.1) is 5.92 Å². The number of rotatable bonds is 5. The van der Waals surface area contributed by atoms with Gasteiger partial charge < -0.3 is 5.32 Å². The number of hydrogen-bond acceptors (Lipinski definition) is 4. The van der Waals surface area contributed by atoms with Gasteiger partial charge in [-0.15, -0.1) is 11.3 Å². The average Bonchev–Trinajstić information content (AvgIpc) is 3.16. The number of amides is 1. The van der Waals surface area contributed by atoms with Crippen LogP contribution in [0.5, 0.6) is 0 Å². The van der Waals surface area contributed by atoms with Gasteiger partial charge in [-0.3, -0.25) is 9.48 Å². The van der Waals surface area contributed by atoms with Crippen LogP contribution in [0.1, 0.15) is 34.2 Å². The van der Waals surface area contributed by atoms with E-state index in [2.05, 4.69) is 10.4 Å². The van der Waals surface area contributed by atoms with Crippen molar-refractivity contribution >= 4 is 17.2 Å². The normalized spacial score (nSPS) is 15.2. The van der Waals surface area contributed by atoms with Gasteiger partial charge in [-0.1, -0.05) is 18.2 Å². The van der Waals surface area contributed by atoms with E-state index in [0.717, 1.165) is 29.1 Å². The molecule has 0 saturated heterocycles. The van der Waals surface area contributed by atoms with Crippen molar-refractivity contribution in [2.24, 2.45) is 13.0 Å². The van der Waals surface area contributed by atoms with Gasteiger partial charge >= 0.3 is 0 Å². The highest BCUT2D eigenvalue weighted by Crippen LogP contribution is 2.42. The van der Waals surface area contributed by atoms with E-state index in [9.17, 15) is 4.79 Å². The molecule has 1 saturated carbocycles. The fourth-order valence-corrected chi connectivity index (χ4v) is 3.71. The van der Waals surface area contributed by atoms with E-state index in [4.69, 9.17) is 4.98 Å². The maximum absolute atomic E-state index is 12.5. The summed E-state index contributed by atoms with van der Waals surface area (Å²) in [6.45, 7) is 0. The highest BCUT2D eigenvalue weighted by Gasteiger charge is 2.35. The Morgan fingerprint density at radius 3 is 2.79 bits per heavy atom. The number of carbonyl (C=O) groups excluding carboxylic acids is 1. The van der Waals surface area contributed by atoms with Crippen LogP contribution in [0.25, 0.3) is 11.3 Å². The Balaban J connectivity index is 1.56. The summed E-state index contributed by atoms with van der Waals surface area (Å²) in [6, 6.07) is 9.34. The molecular weight excluding hydrogens is 320 g/mol. The van der Waals surface area contributed by atoms with Crippen LogP contribution < -0.4 is 5.32 Å². The molecule has 0 bridgehead atoms. The van der Waals surface area contributed by atoms with Crippen LogP contribution >= 0.6 is 11.3 Å². The maximum Gasteiger partial charge on any atom is 0.251 e. The molecule has 1 aliphatic rings. The first-order valence-corrected chi connectivity index (χ1v) is 8.89. The van der Waals surface area contributed by atoms with E-state index in [0.29, 0.717) is 11.5 Å². The largest absolute Gasteiger partial charge is 0.343 e. The SMILES string of the molecule is Cn1cc(-c2csc([C@H](NC(=O)c3ccccc3)C3CC3)n2)cn1. The molecule has 1 N–H and O–H groups in total. The summed E-state index contributed by atoms with van der Waals surface area (Å²) >= 11 is 1.60. The summed E-state index contributed by atoms with van der Waals surface area (Å²) in [6.07, 6.45) is 6.05. The van der Waals surface area contributed by atoms with Crippen LogP contribution in [0.4, 0.5) is 0 Å². The van der Waals surface area contributed by atoms with Crippen LogP contribution in [0.2, 0.25) is 0 Å². The van der Waals surface area contributed by atoms with Crippen LogP contribution in [-0.4, -0.2) is 20.7 Å². The van der Waals surface area contributed by atoms with Gasteiger partial charge in [-0.2, -0.15) is 5.10 Å². The zero-order valence-electron chi connectivity index (χ0n) is 13.3. The van der Waals surface area contributed by atoms with Crippen molar-refractivity contribution in [1.29, 1.82) is 0 Å². The highest BCUT2D eigenvalue weighted by molar-refractivity contribution is 7.10. The second kappa shape index (κ2) is 6.20. The van der Waals surface area contributed by atoms with Crippen molar-refractivity contribution in [3.63, 3.8) is 0 Å². The number of carbonyl (C=O) groups is 1. The second-order valence-electron chi connectivity index (χ2n) is 6.13. The Labute approximate surface area is 144 Å². The quantitative estimate of drug-likeness (QED) is 0.775. The van der Waals surface area contributed by atoms with E-state index in [1.165, 1.54) is 0 Å². The lowest BCUT2D eigenvalue weighted by Crippen LogP contribution is -2.29. The number of benzene rings is 1. The summed E-state index contributed by atoms with van der Waals surface area (Å²) in [5.74, 6) is 0.455. The lowest BCUT2D eigenvalue weighted by atomic mass is 10.1. The Bertz CT molecular complexity index is 851. The van der Waals surface area contributed by atoms with Crippen molar-refractivity contribution in [3.05, 3.63) is 58.7 Å². The molecule has 122 valence electrons. The van der Waals surface area contributed by atoms with Crippen LogP contribution in [-0.2, 0) is 7.05 Å². The third kappa shape index (κ3) is 3.10. The molecule has 5 nitrogen and oxygen atoms in total. The first-order valence-electron chi connectivity index (χ1n) is 8.01. The van der Waals surface area contributed by atoms with Gasteiger partial charge in [0.25, 0.3) is 5.91 Å². The molecule has 0 radical (unpaired) electrons. The first kappa shape index (κ1) is 15.1. The summed E-state index contributed by atoms with van der Waals surface area (Å²) in [7, 11) is 1.89. The fraction of sp³-hybridized carbons (Fsp3) is 0.278. The molecule has 1 atom stereocenters. The molecule has 24 heavy (non-hydrogen) atoms. The minimum atomic E-state index is -0.0365. The standard InChI is InChI=1S/C18H18N4OS/c1-22-10-14(9-19-22)15-11-24-18(20-15)16(12-7-8-12)21-17(23)13-5-3-2-4-6-13/h2-6,9-12,16H,7-8H2,1H3,(H,21,23)/t16-/m1/s1. The van der Waals surface area contributed by atoms with Gasteiger partial charge in [0.2, 0.25) is 0 Å². The number of hydrogen-bond donors (Lipinski definition) is 1. The van der Waals surface area contributed by atoms with E-state index in [1.54, 1.807) is 16.0 Å². The molecule has 2 aromatic heterocycles. The Morgan fingerprint density at radius 2 is 2.12 bits per heavy atom. The molecule has 3 aromatic rings. The lowest BCUT2D eigenvalue weighted by Gasteiger charge is -2.15. The van der Waals surface area contributed by atoms with Crippen molar-refractivity contribution in [1.82, 2.24) is 20.1 Å². The third-order valence-electron chi connectivity index (χ3n) is 4.20. The molecule has 1 aromatic carbocycles. The van der Waals surface area contributed by atoms with Crippen molar-refractivity contribution in [2.75, 3.05) is 0 Å². The fourth-order valence-electron chi connectivity index (χ4n) is 2.74. The molecule has 0 spiro atoms. The van der Waals surface area contributed by atoms with Gasteiger partial charge in [0, 0.05) is 29.8 Å². The minimum absolute atomic E-state index is 0.00636. The maximum atomic E-state index is 12.5. The van der Waals surface area contributed by atoms with E-state index in [1.807, 2.05) is 55.2 Å². The molecule has 1 amide bonds. The Hall–Kier alpha value is -2.47. The van der Waals surface area contributed by atoms with E-state index < -0.39 is 0 Å². The smallest absolute Gasteiger partial charge is 0.251 e. The number of nitrogens with zero attached hydrogens (tertiary/aromatic N) is 3. The predicted molar refractivity (Wildman–Crippen MR) is 93.7 cm³/mol. The first-order chi connectivity index (χ1) is 11.7. The summed E-state index contributed by atoms with van der Waals surface area (Å²) in [5.41, 5.74) is 2.61. The van der Waals surface area contributed by atoms with Gasteiger partial charge in [0.15, 0.2) is 0 Å². The predicted octanol–water partition coefficient (Wildman–Crippen LogP) is 3.42. The molecule has 1 aliphatic carbocycles. The molecule has 0 aliphatic heterocycles.